The lowest BCUT2D eigenvalue weighted by Crippen LogP contribution is -1.79. The van der Waals surface area contributed by atoms with Crippen molar-refractivity contribution in [1.82, 2.24) is 15.0 Å². The molecule has 0 atom stereocenters. The highest BCUT2D eigenvalue weighted by Gasteiger charge is 2.11. The lowest BCUT2D eigenvalue weighted by Gasteiger charge is -2.00. The van der Waals surface area contributed by atoms with Crippen LogP contribution in [0.1, 0.15) is 0 Å². The Hall–Kier alpha value is -1.53. The Morgan fingerprint density at radius 1 is 1.18 bits per heavy atom. The van der Waals surface area contributed by atoms with Gasteiger partial charge in [0.2, 0.25) is 0 Å². The van der Waals surface area contributed by atoms with E-state index in [9.17, 15) is 5.11 Å². The van der Waals surface area contributed by atoms with Crippen LogP contribution in [0, 0.1) is 0 Å². The van der Waals surface area contributed by atoms with Crippen molar-refractivity contribution in [2.75, 3.05) is 0 Å². The minimum Gasteiger partial charge on any atom is -0.507 e. The van der Waals surface area contributed by atoms with Crippen LogP contribution in [0.15, 0.2) is 35.1 Å². The summed E-state index contributed by atoms with van der Waals surface area (Å²) in [5.74, 6) is 0.201. The molecule has 0 aliphatic heterocycles. The zero-order valence-electron chi connectivity index (χ0n) is 8.46. The summed E-state index contributed by atoms with van der Waals surface area (Å²) in [6, 6.07) is 5.24. The summed E-state index contributed by atoms with van der Waals surface area (Å²) in [4.78, 5) is 13.4. The first-order valence-corrected chi connectivity index (χ1v) is 6.41. The Morgan fingerprint density at radius 3 is 2.82 bits per heavy atom. The van der Waals surface area contributed by atoms with Gasteiger partial charge in [0.25, 0.3) is 0 Å². The highest BCUT2D eigenvalue weighted by atomic mass is 79.9. The average molecular weight is 308 g/mol. The van der Waals surface area contributed by atoms with E-state index in [-0.39, 0.29) is 5.75 Å². The predicted molar refractivity (Wildman–Crippen MR) is 70.0 cm³/mol. The third-order valence-electron chi connectivity index (χ3n) is 2.24. The van der Waals surface area contributed by atoms with Gasteiger partial charge >= 0.3 is 0 Å². The summed E-state index contributed by atoms with van der Waals surface area (Å²) in [6.45, 7) is 0. The summed E-state index contributed by atoms with van der Waals surface area (Å²) >= 11 is 4.78. The molecule has 4 nitrogen and oxygen atoms in total. The standard InChI is InChI=1S/C11H6BrN3OS/c12-6-1-2-8(16)7(5-6)10-15-9-11(17-10)14-4-3-13-9/h1-5,16H. The summed E-state index contributed by atoms with van der Waals surface area (Å²) in [7, 11) is 0. The van der Waals surface area contributed by atoms with Crippen LogP contribution in [0.5, 0.6) is 5.75 Å². The van der Waals surface area contributed by atoms with Crippen molar-refractivity contribution >= 4 is 37.7 Å². The fraction of sp³-hybridized carbons (Fsp3) is 0. The van der Waals surface area contributed by atoms with Gasteiger partial charge < -0.3 is 5.11 Å². The highest BCUT2D eigenvalue weighted by Crippen LogP contribution is 2.35. The molecule has 3 rings (SSSR count). The van der Waals surface area contributed by atoms with Gasteiger partial charge in [-0.2, -0.15) is 0 Å². The van der Waals surface area contributed by atoms with Crippen molar-refractivity contribution in [3.63, 3.8) is 0 Å². The van der Waals surface area contributed by atoms with Crippen LogP contribution < -0.4 is 0 Å². The van der Waals surface area contributed by atoms with Crippen LogP contribution >= 0.6 is 27.3 Å². The van der Waals surface area contributed by atoms with Crippen molar-refractivity contribution < 1.29 is 5.11 Å². The van der Waals surface area contributed by atoms with E-state index in [2.05, 4.69) is 30.9 Å². The zero-order valence-corrected chi connectivity index (χ0v) is 10.9. The van der Waals surface area contributed by atoms with E-state index in [1.165, 1.54) is 11.3 Å². The molecule has 0 spiro atoms. The lowest BCUT2D eigenvalue weighted by molar-refractivity contribution is 0.477. The molecule has 2 aromatic heterocycles. The highest BCUT2D eigenvalue weighted by molar-refractivity contribution is 9.10. The second kappa shape index (κ2) is 4.05. The molecule has 0 amide bonds. The molecule has 0 fully saturated rings. The molecule has 1 N–H and O–H groups in total. The van der Waals surface area contributed by atoms with Gasteiger partial charge in [-0.05, 0) is 18.2 Å². The predicted octanol–water partition coefficient (Wildman–Crippen LogP) is 3.22. The topological polar surface area (TPSA) is 58.9 Å². The molecule has 0 saturated heterocycles. The number of halogens is 1. The molecule has 0 aliphatic carbocycles. The van der Waals surface area contributed by atoms with Crippen molar-refractivity contribution in [2.45, 2.75) is 0 Å². The molecular weight excluding hydrogens is 302 g/mol. The molecule has 0 unspecified atom stereocenters. The van der Waals surface area contributed by atoms with E-state index in [4.69, 9.17) is 0 Å². The van der Waals surface area contributed by atoms with E-state index in [0.29, 0.717) is 16.2 Å². The summed E-state index contributed by atoms with van der Waals surface area (Å²) in [5, 5.41) is 10.5. The van der Waals surface area contributed by atoms with E-state index in [1.807, 2.05) is 6.07 Å². The number of phenols is 1. The molecule has 0 saturated carbocycles. The van der Waals surface area contributed by atoms with Gasteiger partial charge in [-0.15, -0.1) is 0 Å². The van der Waals surface area contributed by atoms with Gasteiger partial charge in [-0.3, -0.25) is 0 Å². The molecule has 2 heterocycles. The van der Waals surface area contributed by atoms with Crippen molar-refractivity contribution in [1.29, 1.82) is 0 Å². The number of hydrogen-bond donors (Lipinski definition) is 1. The summed E-state index contributed by atoms with van der Waals surface area (Å²) in [5.41, 5.74) is 1.29. The fourth-order valence-electron chi connectivity index (χ4n) is 1.47. The molecule has 0 aliphatic rings. The normalized spacial score (nSPS) is 10.9. The lowest BCUT2D eigenvalue weighted by atomic mass is 10.2. The third kappa shape index (κ3) is 1.89. The van der Waals surface area contributed by atoms with Gasteiger partial charge in [0.15, 0.2) is 10.5 Å². The maximum absolute atomic E-state index is 9.82. The molecular formula is C11H6BrN3OS. The maximum atomic E-state index is 9.82. The van der Waals surface area contributed by atoms with Crippen molar-refractivity contribution in [3.8, 4) is 16.3 Å². The molecule has 84 valence electrons. The van der Waals surface area contributed by atoms with E-state index in [1.54, 1.807) is 24.5 Å². The minimum atomic E-state index is 0.201. The average Bonchev–Trinajstić information content (AvgIpc) is 2.75. The quantitative estimate of drug-likeness (QED) is 0.750. The molecule has 0 bridgehead atoms. The van der Waals surface area contributed by atoms with Crippen LogP contribution in [0.4, 0.5) is 0 Å². The Bertz CT molecular complexity index is 665. The third-order valence-corrected chi connectivity index (χ3v) is 3.72. The van der Waals surface area contributed by atoms with Gasteiger partial charge in [0, 0.05) is 16.9 Å². The largest absolute Gasteiger partial charge is 0.507 e. The number of benzene rings is 1. The molecule has 17 heavy (non-hydrogen) atoms. The van der Waals surface area contributed by atoms with Crippen LogP contribution in [0.25, 0.3) is 21.0 Å². The molecule has 6 heteroatoms. The van der Waals surface area contributed by atoms with Crippen LogP contribution in [0.2, 0.25) is 0 Å². The first-order valence-electron chi connectivity index (χ1n) is 4.80. The van der Waals surface area contributed by atoms with Gasteiger partial charge in [0.05, 0.1) is 5.56 Å². The first-order chi connectivity index (χ1) is 8.24. The fourth-order valence-corrected chi connectivity index (χ4v) is 2.72. The number of nitrogens with zero attached hydrogens (tertiary/aromatic N) is 3. The maximum Gasteiger partial charge on any atom is 0.190 e. The first kappa shape index (κ1) is 10.6. The van der Waals surface area contributed by atoms with Gasteiger partial charge in [-0.1, -0.05) is 27.3 Å². The monoisotopic (exact) mass is 307 g/mol. The SMILES string of the molecule is Oc1ccc(Br)cc1-c1nc2nccnc2s1. The number of rotatable bonds is 1. The Labute approximate surface area is 109 Å². The van der Waals surface area contributed by atoms with Crippen molar-refractivity contribution in [2.24, 2.45) is 0 Å². The van der Waals surface area contributed by atoms with Crippen molar-refractivity contribution in [3.05, 3.63) is 35.1 Å². The summed E-state index contributed by atoms with van der Waals surface area (Å²) in [6.07, 6.45) is 3.23. The number of thiazole rings is 1. The Morgan fingerprint density at radius 2 is 2.00 bits per heavy atom. The van der Waals surface area contributed by atoms with Crippen LogP contribution in [-0.2, 0) is 0 Å². The van der Waals surface area contributed by atoms with E-state index in [0.717, 1.165) is 9.30 Å². The molecule has 1 aromatic carbocycles. The smallest absolute Gasteiger partial charge is 0.190 e. The van der Waals surface area contributed by atoms with E-state index < -0.39 is 0 Å². The van der Waals surface area contributed by atoms with E-state index >= 15 is 0 Å². The number of hydrogen-bond acceptors (Lipinski definition) is 5. The number of aromatic hydroxyl groups is 1. The second-order valence-electron chi connectivity index (χ2n) is 3.37. The number of fused-ring (bicyclic) bond motifs is 1. The number of aromatic nitrogens is 3. The summed E-state index contributed by atoms with van der Waals surface area (Å²) < 4.78 is 0.894. The second-order valence-corrected chi connectivity index (χ2v) is 5.26. The van der Waals surface area contributed by atoms with Crippen LogP contribution in [-0.4, -0.2) is 20.1 Å². The van der Waals surface area contributed by atoms with Gasteiger partial charge in [-0.25, -0.2) is 15.0 Å². The Kier molecular flexibility index (Phi) is 2.53. The molecule has 3 aromatic rings. The van der Waals surface area contributed by atoms with Gasteiger partial charge in [0.1, 0.15) is 10.8 Å². The zero-order chi connectivity index (χ0) is 11.8. The van der Waals surface area contributed by atoms with Crippen LogP contribution in [0.3, 0.4) is 0 Å². The minimum absolute atomic E-state index is 0.201. The molecule has 0 radical (unpaired) electrons. The Balaban J connectivity index is 2.23. The number of phenolic OH excluding ortho intramolecular Hbond substituents is 1.